The average molecular weight is 399 g/mol. The molecular formula is C16H17Br2NO. The molecule has 2 aromatic carbocycles. The topological polar surface area (TPSA) is 35.2 Å². The summed E-state index contributed by atoms with van der Waals surface area (Å²) in [5.41, 5.74) is 9.86. The maximum absolute atomic E-state index is 6.34. The van der Waals surface area contributed by atoms with Crippen molar-refractivity contribution in [1.29, 1.82) is 0 Å². The molecule has 0 amide bonds. The zero-order chi connectivity index (χ0) is 14.7. The Morgan fingerprint density at radius 1 is 1.20 bits per heavy atom. The molecule has 0 saturated carbocycles. The summed E-state index contributed by atoms with van der Waals surface area (Å²) in [7, 11) is 1.66. The highest BCUT2D eigenvalue weighted by Gasteiger charge is 2.12. The van der Waals surface area contributed by atoms with Gasteiger partial charge in [0, 0.05) is 10.5 Å². The molecular weight excluding hydrogens is 382 g/mol. The monoisotopic (exact) mass is 397 g/mol. The molecule has 20 heavy (non-hydrogen) atoms. The lowest BCUT2D eigenvalue weighted by Gasteiger charge is -2.16. The quantitative estimate of drug-likeness (QED) is 0.804. The number of rotatable bonds is 4. The lowest BCUT2D eigenvalue weighted by Crippen LogP contribution is -2.14. The maximum Gasteiger partial charge on any atom is 0.133 e. The highest BCUT2D eigenvalue weighted by Crippen LogP contribution is 2.30. The highest BCUT2D eigenvalue weighted by molar-refractivity contribution is 9.10. The fourth-order valence-electron chi connectivity index (χ4n) is 2.16. The molecule has 2 N–H and O–H groups in total. The first-order valence-corrected chi connectivity index (χ1v) is 7.94. The molecule has 0 heterocycles. The van der Waals surface area contributed by atoms with Gasteiger partial charge in [0.05, 0.1) is 11.6 Å². The van der Waals surface area contributed by atoms with Crippen LogP contribution in [0.4, 0.5) is 0 Å². The molecule has 1 unspecified atom stereocenters. The third kappa shape index (κ3) is 3.43. The highest BCUT2D eigenvalue weighted by atomic mass is 79.9. The molecule has 0 radical (unpaired) electrons. The van der Waals surface area contributed by atoms with Crippen molar-refractivity contribution in [3.8, 4) is 5.75 Å². The number of benzene rings is 2. The number of halogens is 2. The normalized spacial score (nSPS) is 12.2. The number of ether oxygens (including phenoxy) is 1. The molecule has 2 rings (SSSR count). The van der Waals surface area contributed by atoms with E-state index in [0.717, 1.165) is 26.7 Å². The van der Waals surface area contributed by atoms with Crippen molar-refractivity contribution in [2.75, 3.05) is 7.11 Å². The average Bonchev–Trinajstić information content (AvgIpc) is 2.42. The fraction of sp³-hybridized carbons (Fsp3) is 0.250. The molecule has 0 fully saturated rings. The molecule has 0 aliphatic carbocycles. The first-order chi connectivity index (χ1) is 9.52. The zero-order valence-corrected chi connectivity index (χ0v) is 14.7. The van der Waals surface area contributed by atoms with Crippen LogP contribution >= 0.6 is 31.9 Å². The first-order valence-electron chi connectivity index (χ1n) is 6.36. The largest absolute Gasteiger partial charge is 0.496 e. The Kier molecular flexibility index (Phi) is 5.24. The molecule has 0 aromatic heterocycles. The fourth-order valence-corrected chi connectivity index (χ4v) is 3.30. The Morgan fingerprint density at radius 3 is 2.60 bits per heavy atom. The second kappa shape index (κ2) is 6.74. The van der Waals surface area contributed by atoms with Crippen molar-refractivity contribution in [2.45, 2.75) is 19.4 Å². The van der Waals surface area contributed by atoms with Gasteiger partial charge >= 0.3 is 0 Å². The van der Waals surface area contributed by atoms with Gasteiger partial charge in [-0.2, -0.15) is 0 Å². The lowest BCUT2D eigenvalue weighted by molar-refractivity contribution is 0.412. The smallest absolute Gasteiger partial charge is 0.133 e. The van der Waals surface area contributed by atoms with Crippen molar-refractivity contribution in [3.63, 3.8) is 0 Å². The predicted octanol–water partition coefficient (Wildman–Crippen LogP) is 4.77. The van der Waals surface area contributed by atoms with E-state index in [2.05, 4.69) is 57.0 Å². The molecule has 0 bridgehead atoms. The van der Waals surface area contributed by atoms with E-state index in [-0.39, 0.29) is 6.04 Å². The molecule has 106 valence electrons. The standard InChI is InChI=1S/C16H17Br2NO/c1-10-4-3-5-12(16(10)18)14(19)9-11-6-7-15(20-2)13(17)8-11/h3-8,14H,9,19H2,1-2H3. The van der Waals surface area contributed by atoms with E-state index in [1.807, 2.05) is 18.2 Å². The number of hydrogen-bond donors (Lipinski definition) is 1. The third-order valence-corrected chi connectivity index (χ3v) is 5.00. The van der Waals surface area contributed by atoms with Crippen LogP contribution in [0.3, 0.4) is 0 Å². The number of nitrogens with two attached hydrogens (primary N) is 1. The van der Waals surface area contributed by atoms with Gasteiger partial charge in [-0.25, -0.2) is 0 Å². The maximum atomic E-state index is 6.34. The summed E-state index contributed by atoms with van der Waals surface area (Å²) in [6.07, 6.45) is 0.782. The van der Waals surface area contributed by atoms with Crippen LogP contribution in [0, 0.1) is 6.92 Å². The van der Waals surface area contributed by atoms with E-state index < -0.39 is 0 Å². The van der Waals surface area contributed by atoms with Gasteiger partial charge in [0.15, 0.2) is 0 Å². The summed E-state index contributed by atoms with van der Waals surface area (Å²) in [6, 6.07) is 12.2. The van der Waals surface area contributed by atoms with E-state index in [9.17, 15) is 0 Å². The molecule has 2 aromatic rings. The summed E-state index contributed by atoms with van der Waals surface area (Å²) in [4.78, 5) is 0. The van der Waals surface area contributed by atoms with Gasteiger partial charge in [-0.05, 0) is 58.1 Å². The number of aryl methyl sites for hydroxylation is 1. The van der Waals surface area contributed by atoms with Crippen LogP contribution in [0.15, 0.2) is 45.3 Å². The van der Waals surface area contributed by atoms with Crippen molar-refractivity contribution < 1.29 is 4.74 Å². The van der Waals surface area contributed by atoms with Crippen molar-refractivity contribution in [3.05, 3.63) is 62.0 Å². The van der Waals surface area contributed by atoms with Gasteiger partial charge in [-0.15, -0.1) is 0 Å². The Labute approximate surface area is 136 Å². The van der Waals surface area contributed by atoms with Gasteiger partial charge < -0.3 is 10.5 Å². The summed E-state index contributed by atoms with van der Waals surface area (Å²) in [6.45, 7) is 2.07. The SMILES string of the molecule is COc1ccc(CC(N)c2cccc(C)c2Br)cc1Br. The molecule has 2 nitrogen and oxygen atoms in total. The summed E-state index contributed by atoms with van der Waals surface area (Å²) in [5.74, 6) is 0.832. The van der Waals surface area contributed by atoms with Crippen LogP contribution < -0.4 is 10.5 Å². The second-order valence-electron chi connectivity index (χ2n) is 4.76. The minimum absolute atomic E-state index is 0.0374. The molecule has 0 spiro atoms. The van der Waals surface area contributed by atoms with E-state index >= 15 is 0 Å². The third-order valence-electron chi connectivity index (χ3n) is 3.29. The molecule has 0 saturated heterocycles. The number of methoxy groups -OCH3 is 1. The van der Waals surface area contributed by atoms with Crippen molar-refractivity contribution in [2.24, 2.45) is 5.73 Å². The second-order valence-corrected chi connectivity index (χ2v) is 6.40. The van der Waals surface area contributed by atoms with Gasteiger partial charge in [0.2, 0.25) is 0 Å². The molecule has 0 aliphatic rings. The summed E-state index contributed by atoms with van der Waals surface area (Å²) < 4.78 is 7.29. The van der Waals surface area contributed by atoms with E-state index in [1.165, 1.54) is 11.1 Å². The van der Waals surface area contributed by atoms with Crippen LogP contribution in [0.25, 0.3) is 0 Å². The predicted molar refractivity (Wildman–Crippen MR) is 90.2 cm³/mol. The van der Waals surface area contributed by atoms with Crippen LogP contribution in [0.2, 0.25) is 0 Å². The minimum atomic E-state index is -0.0374. The van der Waals surface area contributed by atoms with Crippen LogP contribution in [-0.2, 0) is 6.42 Å². The Bertz CT molecular complexity index is 613. The van der Waals surface area contributed by atoms with E-state index in [1.54, 1.807) is 7.11 Å². The Balaban J connectivity index is 2.21. The van der Waals surface area contributed by atoms with Gasteiger partial charge in [0.1, 0.15) is 5.75 Å². The zero-order valence-electron chi connectivity index (χ0n) is 11.5. The summed E-state index contributed by atoms with van der Waals surface area (Å²) >= 11 is 7.13. The lowest BCUT2D eigenvalue weighted by atomic mass is 9.98. The van der Waals surface area contributed by atoms with E-state index in [0.29, 0.717) is 0 Å². The minimum Gasteiger partial charge on any atom is -0.496 e. The first kappa shape index (κ1) is 15.5. The molecule has 0 aliphatic heterocycles. The van der Waals surface area contributed by atoms with Gasteiger partial charge in [-0.3, -0.25) is 0 Å². The Hall–Kier alpha value is -0.840. The summed E-state index contributed by atoms with van der Waals surface area (Å²) in [5, 5.41) is 0. The molecule has 4 heteroatoms. The van der Waals surface area contributed by atoms with Crippen LogP contribution in [0.1, 0.15) is 22.7 Å². The Morgan fingerprint density at radius 2 is 1.95 bits per heavy atom. The van der Waals surface area contributed by atoms with Crippen LogP contribution in [-0.4, -0.2) is 7.11 Å². The van der Waals surface area contributed by atoms with Gasteiger partial charge in [0.25, 0.3) is 0 Å². The van der Waals surface area contributed by atoms with Crippen molar-refractivity contribution >= 4 is 31.9 Å². The van der Waals surface area contributed by atoms with Crippen LogP contribution in [0.5, 0.6) is 5.75 Å². The van der Waals surface area contributed by atoms with Crippen molar-refractivity contribution in [1.82, 2.24) is 0 Å². The van der Waals surface area contributed by atoms with E-state index in [4.69, 9.17) is 10.5 Å². The number of hydrogen-bond acceptors (Lipinski definition) is 2. The molecule has 1 atom stereocenters. The van der Waals surface area contributed by atoms with Gasteiger partial charge in [-0.1, -0.05) is 40.2 Å².